The van der Waals surface area contributed by atoms with Crippen LogP contribution >= 0.6 is 0 Å². The van der Waals surface area contributed by atoms with Crippen LogP contribution in [0.25, 0.3) is 11.5 Å². The summed E-state index contributed by atoms with van der Waals surface area (Å²) in [5, 5.41) is 13.4. The van der Waals surface area contributed by atoms with Gasteiger partial charge in [-0.1, -0.05) is 32.0 Å². The minimum Gasteiger partial charge on any atom is -0.339 e. The first kappa shape index (κ1) is 17.7. The van der Waals surface area contributed by atoms with Gasteiger partial charge in [0.15, 0.2) is 11.6 Å². The predicted octanol–water partition coefficient (Wildman–Crippen LogP) is 2.51. The van der Waals surface area contributed by atoms with Crippen molar-refractivity contribution in [1.82, 2.24) is 30.3 Å². The molecule has 0 aliphatic heterocycles. The van der Waals surface area contributed by atoms with Gasteiger partial charge in [0, 0.05) is 24.5 Å². The number of hydrogen-bond acceptors (Lipinski definition) is 7. The van der Waals surface area contributed by atoms with Crippen LogP contribution in [0.4, 0.5) is 5.95 Å². The van der Waals surface area contributed by atoms with Gasteiger partial charge in [-0.2, -0.15) is 9.97 Å². The zero-order valence-corrected chi connectivity index (χ0v) is 15.0. The molecule has 0 saturated heterocycles. The lowest BCUT2D eigenvalue weighted by molar-refractivity contribution is -0.116. The van der Waals surface area contributed by atoms with Gasteiger partial charge >= 0.3 is 0 Å². The van der Waals surface area contributed by atoms with E-state index in [1.165, 1.54) is 0 Å². The molecule has 0 aliphatic carbocycles. The summed E-state index contributed by atoms with van der Waals surface area (Å²) in [6, 6.07) is 5.48. The normalized spacial score (nSPS) is 11.5. The molecule has 0 atom stereocenters. The van der Waals surface area contributed by atoms with Gasteiger partial charge in [0.2, 0.25) is 17.7 Å². The molecular weight excluding hydrogens is 334 g/mol. The van der Waals surface area contributed by atoms with Crippen molar-refractivity contribution in [2.75, 3.05) is 5.32 Å². The average molecular weight is 355 g/mol. The number of hydrogen-bond donors (Lipinski definition) is 2. The number of nitrogens with zero attached hydrogens (tertiary/aromatic N) is 5. The third-order valence-electron chi connectivity index (χ3n) is 3.58. The van der Waals surface area contributed by atoms with Crippen molar-refractivity contribution >= 4 is 11.9 Å². The van der Waals surface area contributed by atoms with Crippen molar-refractivity contribution in [1.29, 1.82) is 0 Å². The minimum atomic E-state index is -0.174. The molecule has 0 saturated carbocycles. The summed E-state index contributed by atoms with van der Waals surface area (Å²) in [6.45, 7) is 6.06. The number of nitrogens with one attached hydrogen (secondary N) is 2. The minimum absolute atomic E-state index is 0.157. The van der Waals surface area contributed by atoms with Crippen molar-refractivity contribution in [3.63, 3.8) is 0 Å². The van der Waals surface area contributed by atoms with Gasteiger partial charge in [-0.05, 0) is 18.6 Å². The Morgan fingerprint density at radius 3 is 2.81 bits per heavy atom. The Morgan fingerprint density at radius 1 is 1.27 bits per heavy atom. The van der Waals surface area contributed by atoms with Crippen molar-refractivity contribution in [3.8, 4) is 11.5 Å². The number of H-pyrrole nitrogens is 1. The standard InChI is InChI=1S/C17H21N7O2/c1-17(2,3)15-20-13(26-24-15)9-6-8-12(25)19-16-21-14(22-23-16)11-7-4-5-10-18-11/h4-5,7,10H,6,8-9H2,1-3H3,(H2,19,21,22,23,25). The van der Waals surface area contributed by atoms with Crippen LogP contribution in [-0.4, -0.2) is 36.2 Å². The van der Waals surface area contributed by atoms with E-state index in [4.69, 9.17) is 4.52 Å². The molecule has 3 heterocycles. The van der Waals surface area contributed by atoms with Crippen molar-refractivity contribution in [3.05, 3.63) is 36.1 Å². The van der Waals surface area contributed by atoms with E-state index in [-0.39, 0.29) is 17.3 Å². The predicted molar refractivity (Wildman–Crippen MR) is 94.2 cm³/mol. The second-order valence-corrected chi connectivity index (χ2v) is 6.89. The lowest BCUT2D eigenvalue weighted by Crippen LogP contribution is -2.13. The number of anilines is 1. The molecule has 136 valence electrons. The van der Waals surface area contributed by atoms with Crippen LogP contribution in [0.3, 0.4) is 0 Å². The largest absolute Gasteiger partial charge is 0.339 e. The number of carbonyl (C=O) groups is 1. The van der Waals surface area contributed by atoms with E-state index >= 15 is 0 Å². The number of carbonyl (C=O) groups excluding carboxylic acids is 1. The van der Waals surface area contributed by atoms with Gasteiger partial charge < -0.3 is 4.52 Å². The topological polar surface area (TPSA) is 122 Å². The van der Waals surface area contributed by atoms with E-state index in [1.54, 1.807) is 6.20 Å². The fourth-order valence-electron chi connectivity index (χ4n) is 2.18. The number of rotatable bonds is 6. The van der Waals surface area contributed by atoms with Crippen LogP contribution in [0.2, 0.25) is 0 Å². The van der Waals surface area contributed by atoms with Crippen molar-refractivity contribution < 1.29 is 9.32 Å². The molecule has 0 aliphatic rings. The SMILES string of the molecule is CC(C)(C)c1noc(CCCC(=O)Nc2n[nH]c(-c3ccccn3)n2)n1. The molecule has 3 aromatic heterocycles. The van der Waals surface area contributed by atoms with Crippen LogP contribution in [-0.2, 0) is 16.6 Å². The number of aromatic amines is 1. The average Bonchev–Trinajstić information content (AvgIpc) is 3.25. The molecule has 9 nitrogen and oxygen atoms in total. The molecule has 0 radical (unpaired) electrons. The first-order chi connectivity index (χ1) is 12.4. The highest BCUT2D eigenvalue weighted by Gasteiger charge is 2.20. The fourth-order valence-corrected chi connectivity index (χ4v) is 2.18. The fraction of sp³-hybridized carbons (Fsp3) is 0.412. The summed E-state index contributed by atoms with van der Waals surface area (Å²) in [4.78, 5) is 24.8. The van der Waals surface area contributed by atoms with E-state index in [9.17, 15) is 4.79 Å². The van der Waals surface area contributed by atoms with Gasteiger partial charge in [0.25, 0.3) is 0 Å². The summed E-state index contributed by atoms with van der Waals surface area (Å²) in [7, 11) is 0. The third-order valence-corrected chi connectivity index (χ3v) is 3.58. The first-order valence-electron chi connectivity index (χ1n) is 8.38. The molecule has 3 aromatic rings. The lowest BCUT2D eigenvalue weighted by atomic mass is 9.96. The van der Waals surface area contributed by atoms with E-state index in [1.807, 2.05) is 39.0 Å². The first-order valence-corrected chi connectivity index (χ1v) is 8.38. The summed E-state index contributed by atoms with van der Waals surface area (Å²) in [5.74, 6) is 1.76. The Labute approximate surface area is 150 Å². The molecule has 3 rings (SSSR count). The Bertz CT molecular complexity index is 865. The Morgan fingerprint density at radius 2 is 2.12 bits per heavy atom. The zero-order valence-electron chi connectivity index (χ0n) is 15.0. The molecule has 26 heavy (non-hydrogen) atoms. The number of amides is 1. The Kier molecular flexibility index (Phi) is 5.06. The molecule has 0 fully saturated rings. The Hall–Kier alpha value is -3.10. The monoisotopic (exact) mass is 355 g/mol. The maximum absolute atomic E-state index is 12.0. The van der Waals surface area contributed by atoms with Gasteiger partial charge in [-0.15, -0.1) is 5.10 Å². The summed E-state index contributed by atoms with van der Waals surface area (Å²) in [6.07, 6.45) is 3.11. The molecule has 0 unspecified atom stereocenters. The highest BCUT2D eigenvalue weighted by Crippen LogP contribution is 2.19. The molecule has 9 heteroatoms. The van der Waals surface area contributed by atoms with Crippen LogP contribution in [0.15, 0.2) is 28.9 Å². The summed E-state index contributed by atoms with van der Waals surface area (Å²) < 4.78 is 5.21. The quantitative estimate of drug-likeness (QED) is 0.696. The van der Waals surface area contributed by atoms with Crippen LogP contribution < -0.4 is 5.32 Å². The number of aromatic nitrogens is 6. The maximum atomic E-state index is 12.0. The number of pyridine rings is 1. The second-order valence-electron chi connectivity index (χ2n) is 6.89. The summed E-state index contributed by atoms with van der Waals surface area (Å²) in [5.41, 5.74) is 0.502. The van der Waals surface area contributed by atoms with Crippen LogP contribution in [0, 0.1) is 0 Å². The molecule has 0 spiro atoms. The van der Waals surface area contributed by atoms with Crippen molar-refractivity contribution in [2.24, 2.45) is 0 Å². The maximum Gasteiger partial charge on any atom is 0.249 e. The second kappa shape index (κ2) is 7.42. The van der Waals surface area contributed by atoms with E-state index in [0.717, 1.165) is 0 Å². The van der Waals surface area contributed by atoms with Crippen molar-refractivity contribution in [2.45, 2.75) is 45.4 Å². The smallest absolute Gasteiger partial charge is 0.249 e. The van der Waals surface area contributed by atoms with Crippen LogP contribution in [0.5, 0.6) is 0 Å². The van der Waals surface area contributed by atoms with E-state index in [0.29, 0.717) is 42.5 Å². The molecule has 2 N–H and O–H groups in total. The van der Waals surface area contributed by atoms with Gasteiger partial charge in [0.1, 0.15) is 5.69 Å². The molecule has 1 amide bonds. The van der Waals surface area contributed by atoms with Gasteiger partial charge in [-0.25, -0.2) is 0 Å². The van der Waals surface area contributed by atoms with Gasteiger partial charge in [-0.3, -0.25) is 20.2 Å². The van der Waals surface area contributed by atoms with E-state index < -0.39 is 0 Å². The van der Waals surface area contributed by atoms with Gasteiger partial charge in [0.05, 0.1) is 0 Å². The molecule has 0 aromatic carbocycles. The third kappa shape index (κ3) is 4.50. The molecule has 0 bridgehead atoms. The summed E-state index contributed by atoms with van der Waals surface area (Å²) >= 11 is 0. The van der Waals surface area contributed by atoms with Crippen LogP contribution in [0.1, 0.15) is 45.3 Å². The number of aryl methyl sites for hydroxylation is 1. The highest BCUT2D eigenvalue weighted by atomic mass is 16.5. The highest BCUT2D eigenvalue weighted by molar-refractivity contribution is 5.89. The Balaban J connectivity index is 1.47. The zero-order chi connectivity index (χ0) is 18.6. The van der Waals surface area contributed by atoms with E-state index in [2.05, 4.69) is 35.6 Å². The lowest BCUT2D eigenvalue weighted by Gasteiger charge is -2.10. The molecular formula is C17H21N7O2.